The third-order valence-corrected chi connectivity index (χ3v) is 4.25. The van der Waals surface area contributed by atoms with Gasteiger partial charge in [0.15, 0.2) is 0 Å². The first-order valence-corrected chi connectivity index (χ1v) is 9.31. The lowest BCUT2D eigenvalue weighted by Gasteiger charge is -2.35. The molecule has 0 aliphatic carbocycles. The maximum Gasteiger partial charge on any atom is 0.391 e. The maximum atomic E-state index is 12.8. The molecule has 0 aromatic rings. The second kappa shape index (κ2) is 12.0. The van der Waals surface area contributed by atoms with E-state index in [1.54, 1.807) is 32.3 Å². The topological polar surface area (TPSA) is 79.3 Å². The number of nitrogens with one attached hydrogen (secondary N) is 2. The van der Waals surface area contributed by atoms with Crippen molar-refractivity contribution in [2.45, 2.75) is 39.8 Å². The molecule has 0 spiro atoms. The highest BCUT2D eigenvalue weighted by Gasteiger charge is 2.41. The average Bonchev–Trinajstić information content (AvgIpc) is 2.67. The van der Waals surface area contributed by atoms with Gasteiger partial charge in [0.2, 0.25) is 0 Å². The fourth-order valence-electron chi connectivity index (χ4n) is 2.63. The molecule has 0 unspecified atom stereocenters. The van der Waals surface area contributed by atoms with Crippen LogP contribution in [0.3, 0.4) is 0 Å². The summed E-state index contributed by atoms with van der Waals surface area (Å²) >= 11 is 0. The quantitative estimate of drug-likeness (QED) is 0.490. The Balaban J connectivity index is 0.00000352. The highest BCUT2D eigenvalue weighted by molar-refractivity contribution is 5.41. The zero-order valence-corrected chi connectivity index (χ0v) is 17.3. The lowest BCUT2D eigenvalue weighted by atomic mass is 9.95. The van der Waals surface area contributed by atoms with Gasteiger partial charge in [0.1, 0.15) is 0 Å². The lowest BCUT2D eigenvalue weighted by molar-refractivity contribution is -0.184. The van der Waals surface area contributed by atoms with Crippen molar-refractivity contribution in [1.29, 1.82) is 0 Å². The van der Waals surface area contributed by atoms with E-state index in [0.29, 0.717) is 28.5 Å². The van der Waals surface area contributed by atoms with Crippen molar-refractivity contribution in [3.05, 3.63) is 60.0 Å². The largest absolute Gasteiger partial charge is 0.401 e. The van der Waals surface area contributed by atoms with Crippen LogP contribution in [0.15, 0.2) is 60.0 Å². The summed E-state index contributed by atoms with van der Waals surface area (Å²) in [5, 5.41) is 5.76. The highest BCUT2D eigenvalue weighted by atomic mass is 19.4. The molecule has 160 valence electrons. The summed E-state index contributed by atoms with van der Waals surface area (Å²) in [6.07, 6.45) is 0.810. The fourth-order valence-corrected chi connectivity index (χ4v) is 2.63. The van der Waals surface area contributed by atoms with Crippen LogP contribution in [0, 0.1) is 5.92 Å². The summed E-state index contributed by atoms with van der Waals surface area (Å²) in [6, 6.07) is 0. The molecule has 0 aromatic heterocycles. The molecule has 1 aliphatic rings. The van der Waals surface area contributed by atoms with Gasteiger partial charge in [0.05, 0.1) is 17.4 Å². The molecule has 0 saturated carbocycles. The molecule has 6 N–H and O–H groups in total. The predicted molar refractivity (Wildman–Crippen MR) is 110 cm³/mol. The number of likely N-dealkylation sites (tertiary alicyclic amines) is 1. The normalized spacial score (nSPS) is 17.2. The molecule has 0 atom stereocenters. The van der Waals surface area contributed by atoms with Gasteiger partial charge in [-0.1, -0.05) is 33.1 Å². The van der Waals surface area contributed by atoms with Gasteiger partial charge >= 0.3 is 6.18 Å². The molecular weight excluding hydrogens is 367 g/mol. The van der Waals surface area contributed by atoms with Crippen LogP contribution in [-0.2, 0) is 0 Å². The Bertz CT molecular complexity index is 606. The minimum absolute atomic E-state index is 0.0434. The Morgan fingerprint density at radius 1 is 1.18 bits per heavy atom. The van der Waals surface area contributed by atoms with Gasteiger partial charge in [-0.3, -0.25) is 0 Å². The van der Waals surface area contributed by atoms with Crippen LogP contribution >= 0.6 is 0 Å². The molecule has 1 heterocycles. The Hall–Kier alpha value is -2.51. The van der Waals surface area contributed by atoms with E-state index in [2.05, 4.69) is 23.8 Å². The Labute approximate surface area is 166 Å². The van der Waals surface area contributed by atoms with Crippen LogP contribution in [0.2, 0.25) is 0 Å². The van der Waals surface area contributed by atoms with E-state index in [0.717, 1.165) is 0 Å². The summed E-state index contributed by atoms with van der Waals surface area (Å²) in [6.45, 7) is 13.7. The van der Waals surface area contributed by atoms with Crippen molar-refractivity contribution < 1.29 is 13.2 Å². The third kappa shape index (κ3) is 8.02. The smallest absolute Gasteiger partial charge is 0.391 e. The van der Waals surface area contributed by atoms with Crippen LogP contribution in [0.4, 0.5) is 13.2 Å². The summed E-state index contributed by atoms with van der Waals surface area (Å²) in [7, 11) is 1.72. The van der Waals surface area contributed by atoms with Gasteiger partial charge in [0.25, 0.3) is 0 Å². The van der Waals surface area contributed by atoms with E-state index in [1.165, 1.54) is 0 Å². The Morgan fingerprint density at radius 2 is 1.71 bits per heavy atom. The van der Waals surface area contributed by atoms with Crippen LogP contribution in [0.25, 0.3) is 0 Å². The standard InChI is InChI=1S/C18H28F3N5.C2H6/c1-5-14(11-25-13(3)24-4)16(23)10-17(12(2)22)26-8-6-15(7-9-26)18(19,20)21;1-2/h5,10-11,15,24-25H,1,3,6-9,22-23H2,2,4H3;1-2H3/b14-11+,16-10-,17-12+;. The number of hydrogen-bond acceptors (Lipinski definition) is 5. The first-order chi connectivity index (χ1) is 13.1. The molecule has 1 aliphatic heterocycles. The first-order valence-electron chi connectivity index (χ1n) is 9.31. The molecule has 1 rings (SSSR count). The van der Waals surface area contributed by atoms with Crippen molar-refractivity contribution in [2.75, 3.05) is 20.1 Å². The van der Waals surface area contributed by atoms with E-state index in [-0.39, 0.29) is 25.9 Å². The van der Waals surface area contributed by atoms with E-state index in [1.807, 2.05) is 18.7 Å². The van der Waals surface area contributed by atoms with Crippen LogP contribution in [-0.4, -0.2) is 31.2 Å². The van der Waals surface area contributed by atoms with Gasteiger partial charge < -0.3 is 27.0 Å². The lowest BCUT2D eigenvalue weighted by Crippen LogP contribution is -2.39. The maximum absolute atomic E-state index is 12.8. The Morgan fingerprint density at radius 3 is 2.11 bits per heavy atom. The van der Waals surface area contributed by atoms with Crippen LogP contribution < -0.4 is 22.1 Å². The number of nitrogens with zero attached hydrogens (tertiary/aromatic N) is 1. The van der Waals surface area contributed by atoms with Gasteiger partial charge in [-0.05, 0) is 25.8 Å². The zero-order valence-electron chi connectivity index (χ0n) is 17.3. The number of allylic oxidation sites excluding steroid dienone is 3. The van der Waals surface area contributed by atoms with Crippen molar-refractivity contribution in [3.63, 3.8) is 0 Å². The predicted octanol–water partition coefficient (Wildman–Crippen LogP) is 3.67. The summed E-state index contributed by atoms with van der Waals surface area (Å²) in [5.41, 5.74) is 14.2. The van der Waals surface area contributed by atoms with E-state index < -0.39 is 12.1 Å². The molecule has 0 amide bonds. The molecular formula is C20H34F3N5. The molecule has 1 saturated heterocycles. The SMILES string of the molecule is C=CC(=C\NC(=C)NC)/C(N)=C/C(=C(/C)N)N1CCC(C(F)(F)F)CC1.CC. The molecule has 8 heteroatoms. The minimum atomic E-state index is -4.15. The van der Waals surface area contributed by atoms with Crippen LogP contribution in [0.1, 0.15) is 33.6 Å². The second-order valence-electron chi connectivity index (χ2n) is 6.15. The first kappa shape index (κ1) is 25.5. The van der Waals surface area contributed by atoms with Gasteiger partial charge in [-0.25, -0.2) is 0 Å². The molecule has 28 heavy (non-hydrogen) atoms. The summed E-state index contributed by atoms with van der Waals surface area (Å²) in [4.78, 5) is 1.84. The average molecular weight is 402 g/mol. The number of halogens is 3. The fraction of sp³-hybridized carbons (Fsp3) is 0.500. The van der Waals surface area contributed by atoms with Crippen molar-refractivity contribution >= 4 is 0 Å². The summed E-state index contributed by atoms with van der Waals surface area (Å²) in [5.74, 6) is -0.683. The van der Waals surface area contributed by atoms with Crippen LogP contribution in [0.5, 0.6) is 0 Å². The molecule has 0 bridgehead atoms. The van der Waals surface area contributed by atoms with Crippen molar-refractivity contribution in [2.24, 2.45) is 17.4 Å². The zero-order chi connectivity index (χ0) is 21.9. The molecule has 0 aromatic carbocycles. The monoisotopic (exact) mass is 401 g/mol. The number of piperidine rings is 1. The number of alkyl halides is 3. The van der Waals surface area contributed by atoms with E-state index >= 15 is 0 Å². The van der Waals surface area contributed by atoms with Crippen molar-refractivity contribution in [1.82, 2.24) is 15.5 Å². The second-order valence-corrected chi connectivity index (χ2v) is 6.15. The Kier molecular flexibility index (Phi) is 11.0. The van der Waals surface area contributed by atoms with E-state index in [4.69, 9.17) is 11.5 Å². The molecule has 5 nitrogen and oxygen atoms in total. The van der Waals surface area contributed by atoms with Gasteiger partial charge in [-0.2, -0.15) is 13.2 Å². The van der Waals surface area contributed by atoms with Gasteiger partial charge in [-0.15, -0.1) is 0 Å². The molecule has 0 radical (unpaired) electrons. The number of nitrogens with two attached hydrogens (primary N) is 2. The third-order valence-electron chi connectivity index (χ3n) is 4.25. The molecule has 1 fully saturated rings. The number of rotatable bonds is 7. The van der Waals surface area contributed by atoms with Gasteiger partial charge in [0, 0.05) is 43.3 Å². The van der Waals surface area contributed by atoms with Crippen molar-refractivity contribution in [3.8, 4) is 0 Å². The highest BCUT2D eigenvalue weighted by Crippen LogP contribution is 2.35. The number of hydrogen-bond donors (Lipinski definition) is 4. The minimum Gasteiger partial charge on any atom is -0.401 e. The van der Waals surface area contributed by atoms with E-state index in [9.17, 15) is 13.2 Å². The summed E-state index contributed by atoms with van der Waals surface area (Å²) < 4.78 is 38.5.